The molecule has 1 aromatic heterocycles. The highest BCUT2D eigenvalue weighted by molar-refractivity contribution is 6.34. The molecule has 0 spiro atoms. The quantitative estimate of drug-likeness (QED) is 0.674. The number of rotatable bonds is 1. The fraction of sp³-hybridized carbons (Fsp3) is 0.556. The van der Waals surface area contributed by atoms with Crippen LogP contribution in [0.25, 0.3) is 0 Å². The van der Waals surface area contributed by atoms with E-state index < -0.39 is 0 Å². The molecule has 0 radical (unpaired) electrons. The van der Waals surface area contributed by atoms with E-state index in [1.165, 1.54) is 6.42 Å². The first-order valence-electron chi connectivity index (χ1n) is 4.38. The van der Waals surface area contributed by atoms with Crippen molar-refractivity contribution < 1.29 is 0 Å². The molecular formula is C9H10Cl2N2. The highest BCUT2D eigenvalue weighted by Gasteiger charge is 2.23. The zero-order valence-electron chi connectivity index (χ0n) is 7.35. The third kappa shape index (κ3) is 1.65. The van der Waals surface area contributed by atoms with Gasteiger partial charge in [-0.05, 0) is 19.8 Å². The molecule has 0 amide bonds. The minimum absolute atomic E-state index is 0.482. The molecule has 0 aromatic carbocycles. The molecule has 1 aromatic rings. The van der Waals surface area contributed by atoms with E-state index in [2.05, 4.69) is 9.97 Å². The van der Waals surface area contributed by atoms with E-state index in [-0.39, 0.29) is 0 Å². The Balaban J connectivity index is 2.37. The summed E-state index contributed by atoms with van der Waals surface area (Å²) in [6, 6.07) is 0. The first-order valence-corrected chi connectivity index (χ1v) is 5.13. The second kappa shape index (κ2) is 3.43. The van der Waals surface area contributed by atoms with Gasteiger partial charge in [0.05, 0.1) is 0 Å². The van der Waals surface area contributed by atoms with Gasteiger partial charge in [0.25, 0.3) is 0 Å². The van der Waals surface area contributed by atoms with Crippen molar-refractivity contribution in [3.05, 3.63) is 21.7 Å². The number of hydrogen-bond donors (Lipinski definition) is 0. The molecule has 1 saturated carbocycles. The van der Waals surface area contributed by atoms with Gasteiger partial charge in [-0.25, -0.2) is 9.97 Å². The van der Waals surface area contributed by atoms with Crippen LogP contribution >= 0.6 is 23.2 Å². The van der Waals surface area contributed by atoms with E-state index in [1.54, 1.807) is 0 Å². The van der Waals surface area contributed by atoms with Crippen molar-refractivity contribution in [2.45, 2.75) is 32.1 Å². The lowest BCUT2D eigenvalue weighted by molar-refractivity contribution is 0.401. The van der Waals surface area contributed by atoms with Crippen molar-refractivity contribution in [1.82, 2.24) is 9.97 Å². The molecule has 13 heavy (non-hydrogen) atoms. The predicted octanol–water partition coefficient (Wildman–Crippen LogP) is 3.36. The Hall–Kier alpha value is -0.340. The van der Waals surface area contributed by atoms with Crippen molar-refractivity contribution in [2.24, 2.45) is 0 Å². The van der Waals surface area contributed by atoms with Gasteiger partial charge in [0.2, 0.25) is 0 Å². The maximum Gasteiger partial charge on any atom is 0.137 e. The summed E-state index contributed by atoms with van der Waals surface area (Å²) < 4.78 is 0. The molecule has 0 saturated heterocycles. The lowest BCUT2D eigenvalue weighted by Crippen LogP contribution is -2.13. The Morgan fingerprint density at radius 3 is 2.08 bits per heavy atom. The maximum atomic E-state index is 5.91. The molecule has 1 heterocycles. The van der Waals surface area contributed by atoms with Crippen LogP contribution in [0.15, 0.2) is 0 Å². The highest BCUT2D eigenvalue weighted by atomic mass is 35.5. The average Bonchev–Trinajstić information content (AvgIpc) is 1.96. The molecule has 0 aliphatic heterocycles. The van der Waals surface area contributed by atoms with E-state index in [1.807, 2.05) is 6.92 Å². The van der Waals surface area contributed by atoms with Crippen molar-refractivity contribution in [3.8, 4) is 0 Å². The summed E-state index contributed by atoms with van der Waals surface area (Å²) in [5.41, 5.74) is 0.770. The van der Waals surface area contributed by atoms with Crippen LogP contribution < -0.4 is 0 Å². The molecule has 1 aliphatic carbocycles. The lowest BCUT2D eigenvalue weighted by Gasteiger charge is -2.23. The Morgan fingerprint density at radius 1 is 1.15 bits per heavy atom. The minimum Gasteiger partial charge on any atom is -0.221 e. The summed E-state index contributed by atoms with van der Waals surface area (Å²) in [5, 5.41) is 0.976. The highest BCUT2D eigenvalue weighted by Crippen LogP contribution is 2.35. The standard InChI is InChI=1S/C9H10Cl2N2/c1-5-7(10)12-9(13-8(5)11)6-3-2-4-6/h6H,2-4H2,1H3. The maximum absolute atomic E-state index is 5.91. The van der Waals surface area contributed by atoms with Crippen molar-refractivity contribution in [1.29, 1.82) is 0 Å². The second-order valence-corrected chi connectivity index (χ2v) is 4.13. The third-order valence-electron chi connectivity index (χ3n) is 2.51. The van der Waals surface area contributed by atoms with Gasteiger partial charge in [-0.3, -0.25) is 0 Å². The van der Waals surface area contributed by atoms with E-state index in [0.29, 0.717) is 16.2 Å². The average molecular weight is 217 g/mol. The summed E-state index contributed by atoms with van der Waals surface area (Å²) in [7, 11) is 0. The van der Waals surface area contributed by atoms with Gasteiger partial charge in [-0.15, -0.1) is 0 Å². The van der Waals surface area contributed by atoms with Crippen LogP contribution in [0.2, 0.25) is 10.3 Å². The van der Waals surface area contributed by atoms with Crippen LogP contribution in [0.5, 0.6) is 0 Å². The van der Waals surface area contributed by atoms with Crippen LogP contribution in [0.4, 0.5) is 0 Å². The molecular weight excluding hydrogens is 207 g/mol. The first-order chi connectivity index (χ1) is 6.18. The molecule has 1 fully saturated rings. The van der Waals surface area contributed by atoms with Crippen molar-refractivity contribution in [3.63, 3.8) is 0 Å². The monoisotopic (exact) mass is 216 g/mol. The van der Waals surface area contributed by atoms with Gasteiger partial charge in [-0.1, -0.05) is 29.6 Å². The van der Waals surface area contributed by atoms with Crippen molar-refractivity contribution >= 4 is 23.2 Å². The fourth-order valence-corrected chi connectivity index (χ4v) is 1.73. The van der Waals surface area contributed by atoms with Gasteiger partial charge < -0.3 is 0 Å². The molecule has 0 unspecified atom stereocenters. The molecule has 2 nitrogen and oxygen atoms in total. The number of nitrogens with zero attached hydrogens (tertiary/aromatic N) is 2. The normalized spacial score (nSPS) is 17.2. The molecule has 0 bridgehead atoms. The van der Waals surface area contributed by atoms with Crippen LogP contribution in [0, 0.1) is 6.92 Å². The first kappa shape index (κ1) is 9.22. The molecule has 4 heteroatoms. The Labute approximate surface area is 87.3 Å². The van der Waals surface area contributed by atoms with E-state index in [0.717, 1.165) is 24.2 Å². The molecule has 1 aliphatic rings. The van der Waals surface area contributed by atoms with Crippen LogP contribution in [0.3, 0.4) is 0 Å². The molecule has 2 rings (SSSR count). The van der Waals surface area contributed by atoms with Crippen LogP contribution in [-0.4, -0.2) is 9.97 Å². The van der Waals surface area contributed by atoms with Crippen molar-refractivity contribution in [2.75, 3.05) is 0 Å². The van der Waals surface area contributed by atoms with Gasteiger partial charge in [0, 0.05) is 11.5 Å². The van der Waals surface area contributed by atoms with Gasteiger partial charge in [-0.2, -0.15) is 0 Å². The van der Waals surface area contributed by atoms with Crippen LogP contribution in [-0.2, 0) is 0 Å². The fourth-order valence-electron chi connectivity index (χ4n) is 1.33. The van der Waals surface area contributed by atoms with E-state index in [9.17, 15) is 0 Å². The van der Waals surface area contributed by atoms with Gasteiger partial charge in [0.1, 0.15) is 16.1 Å². The van der Waals surface area contributed by atoms with Gasteiger partial charge in [0.15, 0.2) is 0 Å². The Morgan fingerprint density at radius 2 is 1.69 bits per heavy atom. The number of hydrogen-bond acceptors (Lipinski definition) is 2. The molecule has 70 valence electrons. The predicted molar refractivity (Wildman–Crippen MR) is 53.4 cm³/mol. The van der Waals surface area contributed by atoms with E-state index in [4.69, 9.17) is 23.2 Å². The smallest absolute Gasteiger partial charge is 0.137 e. The summed E-state index contributed by atoms with van der Waals surface area (Å²) in [6.07, 6.45) is 3.59. The SMILES string of the molecule is Cc1c(Cl)nc(C2CCC2)nc1Cl. The summed E-state index contributed by atoms with van der Waals surface area (Å²) in [4.78, 5) is 8.45. The molecule has 0 N–H and O–H groups in total. The third-order valence-corrected chi connectivity index (χ3v) is 3.25. The second-order valence-electron chi connectivity index (χ2n) is 3.42. The number of aromatic nitrogens is 2. The Bertz CT molecular complexity index is 311. The zero-order chi connectivity index (χ0) is 9.42. The van der Waals surface area contributed by atoms with Crippen LogP contribution in [0.1, 0.15) is 36.6 Å². The Kier molecular flexibility index (Phi) is 2.43. The number of halogens is 2. The summed E-state index contributed by atoms with van der Waals surface area (Å²) in [5.74, 6) is 1.29. The van der Waals surface area contributed by atoms with E-state index >= 15 is 0 Å². The summed E-state index contributed by atoms with van der Waals surface area (Å²) >= 11 is 11.8. The summed E-state index contributed by atoms with van der Waals surface area (Å²) in [6.45, 7) is 1.83. The molecule has 0 atom stereocenters. The topological polar surface area (TPSA) is 25.8 Å². The lowest BCUT2D eigenvalue weighted by atomic mass is 9.85. The largest absolute Gasteiger partial charge is 0.221 e. The minimum atomic E-state index is 0.482. The van der Waals surface area contributed by atoms with Gasteiger partial charge >= 0.3 is 0 Å². The zero-order valence-corrected chi connectivity index (χ0v) is 8.86.